The van der Waals surface area contributed by atoms with Gasteiger partial charge in [0, 0.05) is 12.4 Å². The van der Waals surface area contributed by atoms with E-state index in [2.05, 4.69) is 4.98 Å². The van der Waals surface area contributed by atoms with Crippen LogP contribution in [0.2, 0.25) is 0 Å². The highest BCUT2D eigenvalue weighted by molar-refractivity contribution is 5.42. The second-order valence-corrected chi connectivity index (χ2v) is 5.42. The third-order valence-electron chi connectivity index (χ3n) is 3.66. The summed E-state index contributed by atoms with van der Waals surface area (Å²) in [6, 6.07) is 13.4. The van der Waals surface area contributed by atoms with Crippen LogP contribution in [0.5, 0.6) is 5.75 Å². The van der Waals surface area contributed by atoms with Crippen molar-refractivity contribution in [2.45, 2.75) is 25.0 Å². The molecule has 0 saturated heterocycles. The van der Waals surface area contributed by atoms with E-state index in [1.54, 1.807) is 0 Å². The second-order valence-electron chi connectivity index (χ2n) is 5.42. The first-order valence-electron chi connectivity index (χ1n) is 7.18. The minimum atomic E-state index is -0.743. The molecule has 1 fully saturated rings. The third kappa shape index (κ3) is 2.50. The Kier molecular flexibility index (Phi) is 2.89. The van der Waals surface area contributed by atoms with E-state index < -0.39 is 6.10 Å². The van der Waals surface area contributed by atoms with Crippen molar-refractivity contribution in [3.8, 4) is 5.75 Å². The normalized spacial score (nSPS) is 16.0. The van der Waals surface area contributed by atoms with Gasteiger partial charge in [0.1, 0.15) is 17.5 Å². The number of hydrogen-bond donors (Lipinski definition) is 1. The molecule has 1 aliphatic carbocycles. The van der Waals surface area contributed by atoms with Crippen molar-refractivity contribution in [3.05, 3.63) is 66.1 Å². The molecule has 1 N–H and O–H groups in total. The van der Waals surface area contributed by atoms with Crippen molar-refractivity contribution in [1.29, 1.82) is 0 Å². The van der Waals surface area contributed by atoms with Crippen molar-refractivity contribution in [2.24, 2.45) is 0 Å². The number of fused-ring (bicyclic) bond motifs is 1. The van der Waals surface area contributed by atoms with Crippen molar-refractivity contribution in [3.63, 3.8) is 0 Å². The van der Waals surface area contributed by atoms with Gasteiger partial charge < -0.3 is 14.2 Å². The summed E-state index contributed by atoms with van der Waals surface area (Å²) < 4.78 is 7.68. The van der Waals surface area contributed by atoms with Gasteiger partial charge in [-0.25, -0.2) is 4.98 Å². The number of nitrogens with zero attached hydrogens (tertiary/aromatic N) is 2. The summed E-state index contributed by atoms with van der Waals surface area (Å²) in [5.41, 5.74) is 2.28. The van der Waals surface area contributed by atoms with Crippen LogP contribution in [-0.2, 0) is 0 Å². The Morgan fingerprint density at radius 2 is 2.10 bits per heavy atom. The molecule has 0 spiro atoms. The summed E-state index contributed by atoms with van der Waals surface area (Å²) in [4.78, 5) is 4.46. The lowest BCUT2D eigenvalue weighted by atomic mass is 10.1. The monoisotopic (exact) mass is 280 g/mol. The maximum absolute atomic E-state index is 10.5. The van der Waals surface area contributed by atoms with E-state index in [1.165, 1.54) is 0 Å². The quantitative estimate of drug-likeness (QED) is 0.799. The van der Waals surface area contributed by atoms with Crippen LogP contribution in [-0.4, -0.2) is 20.6 Å². The molecule has 2 heterocycles. The maximum atomic E-state index is 10.5. The molecule has 1 atom stereocenters. The van der Waals surface area contributed by atoms with Gasteiger partial charge in [0.05, 0.1) is 11.8 Å². The van der Waals surface area contributed by atoms with Crippen molar-refractivity contribution >= 4 is 5.65 Å². The van der Waals surface area contributed by atoms with Crippen LogP contribution in [0.1, 0.15) is 30.2 Å². The number of aliphatic hydroxyl groups excluding tert-OH is 1. The minimum Gasteiger partial charge on any atom is -0.490 e. The summed E-state index contributed by atoms with van der Waals surface area (Å²) in [6.45, 7) is 0. The fraction of sp³-hybridized carbons (Fsp3) is 0.235. The molecule has 0 aliphatic heterocycles. The number of imidazole rings is 1. The van der Waals surface area contributed by atoms with E-state index in [9.17, 15) is 5.11 Å². The fourth-order valence-electron chi connectivity index (χ4n) is 2.39. The lowest BCUT2D eigenvalue weighted by molar-refractivity contribution is 0.215. The number of pyridine rings is 1. The molecule has 1 saturated carbocycles. The Balaban J connectivity index is 1.64. The first kappa shape index (κ1) is 12.4. The maximum Gasteiger partial charge on any atom is 0.137 e. The van der Waals surface area contributed by atoms with Gasteiger partial charge in [-0.05, 0) is 42.7 Å². The zero-order valence-electron chi connectivity index (χ0n) is 11.5. The molecule has 1 aliphatic rings. The Labute approximate surface area is 122 Å². The molecule has 0 bridgehead atoms. The van der Waals surface area contributed by atoms with Gasteiger partial charge >= 0.3 is 0 Å². The molecule has 1 aromatic carbocycles. The van der Waals surface area contributed by atoms with Gasteiger partial charge in [0.2, 0.25) is 0 Å². The van der Waals surface area contributed by atoms with E-state index >= 15 is 0 Å². The lowest BCUT2D eigenvalue weighted by Gasteiger charge is -2.10. The Bertz CT molecular complexity index is 744. The van der Waals surface area contributed by atoms with Gasteiger partial charge in [-0.1, -0.05) is 18.2 Å². The van der Waals surface area contributed by atoms with Gasteiger partial charge in [0.15, 0.2) is 0 Å². The van der Waals surface area contributed by atoms with Gasteiger partial charge in [0.25, 0.3) is 0 Å². The first-order chi connectivity index (χ1) is 10.3. The molecule has 4 heteroatoms. The zero-order chi connectivity index (χ0) is 14.2. The largest absolute Gasteiger partial charge is 0.490 e. The lowest BCUT2D eigenvalue weighted by Crippen LogP contribution is -2.02. The Hall–Kier alpha value is -2.33. The number of aromatic nitrogens is 2. The standard InChI is InChI=1S/C17H16N2O2/c20-17(15-11-19-9-2-1-6-16(19)18-15)12-4-3-5-14(10-12)21-13-7-8-13/h1-6,9-11,13,17,20H,7-8H2. The number of benzene rings is 1. The molecule has 4 nitrogen and oxygen atoms in total. The molecule has 0 radical (unpaired) electrons. The topological polar surface area (TPSA) is 46.8 Å². The van der Waals surface area contributed by atoms with E-state index in [0.717, 1.165) is 29.8 Å². The smallest absolute Gasteiger partial charge is 0.137 e. The average molecular weight is 280 g/mol. The van der Waals surface area contributed by atoms with Crippen molar-refractivity contribution in [2.75, 3.05) is 0 Å². The molecule has 2 aromatic heterocycles. The molecule has 106 valence electrons. The minimum absolute atomic E-state index is 0.354. The van der Waals surface area contributed by atoms with Gasteiger partial charge in [-0.15, -0.1) is 0 Å². The Morgan fingerprint density at radius 1 is 1.19 bits per heavy atom. The number of rotatable bonds is 4. The summed E-state index contributed by atoms with van der Waals surface area (Å²) in [5, 5.41) is 10.5. The highest BCUT2D eigenvalue weighted by atomic mass is 16.5. The number of ether oxygens (including phenoxy) is 1. The van der Waals surface area contributed by atoms with Crippen LogP contribution in [0.25, 0.3) is 5.65 Å². The molecule has 0 amide bonds. The predicted molar refractivity (Wildman–Crippen MR) is 79.3 cm³/mol. The van der Waals surface area contributed by atoms with Crippen molar-refractivity contribution < 1.29 is 9.84 Å². The number of aliphatic hydroxyl groups is 1. The second kappa shape index (κ2) is 4.90. The fourth-order valence-corrected chi connectivity index (χ4v) is 2.39. The zero-order valence-corrected chi connectivity index (χ0v) is 11.5. The third-order valence-corrected chi connectivity index (χ3v) is 3.66. The summed E-state index contributed by atoms with van der Waals surface area (Å²) in [7, 11) is 0. The molecule has 1 unspecified atom stereocenters. The molecule has 4 rings (SSSR count). The molecular weight excluding hydrogens is 264 g/mol. The molecule has 3 aromatic rings. The summed E-state index contributed by atoms with van der Waals surface area (Å²) in [5.74, 6) is 0.817. The first-order valence-corrected chi connectivity index (χ1v) is 7.18. The van der Waals surface area contributed by atoms with E-state index in [1.807, 2.05) is 59.3 Å². The summed E-state index contributed by atoms with van der Waals surface area (Å²) in [6.07, 6.45) is 5.64. The summed E-state index contributed by atoms with van der Waals surface area (Å²) >= 11 is 0. The average Bonchev–Trinajstić information content (AvgIpc) is 3.21. The highest BCUT2D eigenvalue weighted by Gasteiger charge is 2.24. The van der Waals surface area contributed by atoms with Crippen LogP contribution < -0.4 is 4.74 Å². The van der Waals surface area contributed by atoms with Crippen molar-refractivity contribution in [1.82, 2.24) is 9.38 Å². The SMILES string of the molecule is OC(c1cccc(OC2CC2)c1)c1cn2ccccc2n1. The Morgan fingerprint density at radius 3 is 2.90 bits per heavy atom. The van der Waals surface area contributed by atoms with Crippen LogP contribution in [0.4, 0.5) is 0 Å². The molecular formula is C17H16N2O2. The van der Waals surface area contributed by atoms with Gasteiger partial charge in [-0.3, -0.25) is 0 Å². The van der Waals surface area contributed by atoms with Crippen LogP contribution in [0.15, 0.2) is 54.9 Å². The van der Waals surface area contributed by atoms with E-state index in [-0.39, 0.29) is 0 Å². The van der Waals surface area contributed by atoms with Gasteiger partial charge in [-0.2, -0.15) is 0 Å². The van der Waals surface area contributed by atoms with E-state index in [0.29, 0.717) is 11.8 Å². The number of hydrogen-bond acceptors (Lipinski definition) is 3. The predicted octanol–water partition coefficient (Wildman–Crippen LogP) is 2.96. The van der Waals surface area contributed by atoms with Crippen LogP contribution >= 0.6 is 0 Å². The van der Waals surface area contributed by atoms with Crippen LogP contribution in [0, 0.1) is 0 Å². The highest BCUT2D eigenvalue weighted by Crippen LogP contribution is 2.29. The van der Waals surface area contributed by atoms with E-state index in [4.69, 9.17) is 4.74 Å². The van der Waals surface area contributed by atoms with Crippen LogP contribution in [0.3, 0.4) is 0 Å². The molecule has 21 heavy (non-hydrogen) atoms.